The second-order valence-corrected chi connectivity index (χ2v) is 6.29. The first-order valence-electron chi connectivity index (χ1n) is 7.11. The van der Waals surface area contributed by atoms with E-state index in [2.05, 4.69) is 25.7 Å². The topological polar surface area (TPSA) is 29.3 Å². The molecule has 1 saturated carbocycles. The molecule has 1 heterocycles. The van der Waals surface area contributed by atoms with Gasteiger partial charge in [0.05, 0.1) is 0 Å². The number of nitrogens with two attached hydrogens (primary N) is 1. The molecule has 1 aliphatic carbocycles. The Morgan fingerprint density at radius 2 is 1.81 bits per heavy atom. The molecule has 2 rings (SSSR count). The van der Waals surface area contributed by atoms with E-state index >= 15 is 0 Å². The molecular weight excluding hydrogens is 196 g/mol. The van der Waals surface area contributed by atoms with Crippen molar-refractivity contribution in [3.63, 3.8) is 0 Å². The maximum absolute atomic E-state index is 6.13. The Hall–Kier alpha value is -0.0800. The van der Waals surface area contributed by atoms with Crippen molar-refractivity contribution in [2.24, 2.45) is 17.6 Å². The Labute approximate surface area is 101 Å². The third-order valence-corrected chi connectivity index (χ3v) is 4.76. The third kappa shape index (κ3) is 2.43. The summed E-state index contributed by atoms with van der Waals surface area (Å²) >= 11 is 0. The number of nitrogens with zero attached hydrogens (tertiary/aromatic N) is 1. The van der Waals surface area contributed by atoms with Crippen LogP contribution in [0.5, 0.6) is 0 Å². The van der Waals surface area contributed by atoms with Crippen molar-refractivity contribution < 1.29 is 0 Å². The number of likely N-dealkylation sites (tertiary alicyclic amines) is 1. The predicted molar refractivity (Wildman–Crippen MR) is 69.3 cm³/mol. The summed E-state index contributed by atoms with van der Waals surface area (Å²) in [4.78, 5) is 2.73. The molecule has 1 aliphatic heterocycles. The molecule has 0 aromatic carbocycles. The molecule has 16 heavy (non-hydrogen) atoms. The first-order valence-corrected chi connectivity index (χ1v) is 7.11. The lowest BCUT2D eigenvalue weighted by Crippen LogP contribution is -2.57. The standard InChI is InChI=1S/C14H28N2/c1-10(2)12-8-13(9-12)16-7-5-4-6-14(16)11(3)15/h10-14H,4-9,15H2,1-3H3. The highest BCUT2D eigenvalue weighted by molar-refractivity contribution is 4.94. The van der Waals surface area contributed by atoms with Gasteiger partial charge in [-0.3, -0.25) is 4.90 Å². The van der Waals surface area contributed by atoms with E-state index in [-0.39, 0.29) is 0 Å². The van der Waals surface area contributed by atoms with E-state index in [0.29, 0.717) is 12.1 Å². The molecule has 0 aromatic heterocycles. The van der Waals surface area contributed by atoms with E-state index in [4.69, 9.17) is 5.73 Å². The lowest BCUT2D eigenvalue weighted by Gasteiger charge is -2.50. The molecule has 1 saturated heterocycles. The number of piperidine rings is 1. The fourth-order valence-corrected chi connectivity index (χ4v) is 3.44. The third-order valence-electron chi connectivity index (χ3n) is 4.76. The quantitative estimate of drug-likeness (QED) is 0.798. The van der Waals surface area contributed by atoms with Gasteiger partial charge in [0, 0.05) is 18.1 Å². The minimum Gasteiger partial charge on any atom is -0.327 e. The van der Waals surface area contributed by atoms with E-state index in [1.165, 1.54) is 38.6 Å². The molecule has 0 bridgehead atoms. The molecular formula is C14H28N2. The van der Waals surface area contributed by atoms with E-state index in [1.54, 1.807) is 0 Å². The lowest BCUT2D eigenvalue weighted by molar-refractivity contribution is 0.000110. The van der Waals surface area contributed by atoms with Crippen molar-refractivity contribution >= 4 is 0 Å². The van der Waals surface area contributed by atoms with Crippen LogP contribution in [0.25, 0.3) is 0 Å². The van der Waals surface area contributed by atoms with Crippen LogP contribution in [0.3, 0.4) is 0 Å². The minimum atomic E-state index is 0.346. The molecule has 2 atom stereocenters. The summed E-state index contributed by atoms with van der Waals surface area (Å²) in [5.74, 6) is 1.84. The zero-order chi connectivity index (χ0) is 11.7. The van der Waals surface area contributed by atoms with Gasteiger partial charge in [-0.25, -0.2) is 0 Å². The van der Waals surface area contributed by atoms with Crippen LogP contribution in [0.1, 0.15) is 52.9 Å². The van der Waals surface area contributed by atoms with E-state index in [1.807, 2.05) is 0 Å². The Morgan fingerprint density at radius 1 is 1.12 bits per heavy atom. The molecule has 2 heteroatoms. The molecule has 2 fully saturated rings. The Kier molecular flexibility index (Phi) is 3.91. The number of hydrogen-bond donors (Lipinski definition) is 1. The largest absolute Gasteiger partial charge is 0.327 e. The van der Waals surface area contributed by atoms with E-state index in [9.17, 15) is 0 Å². The van der Waals surface area contributed by atoms with Gasteiger partial charge >= 0.3 is 0 Å². The number of hydrogen-bond acceptors (Lipinski definition) is 2. The normalized spacial score (nSPS) is 38.4. The SMILES string of the molecule is CC(C)C1CC(N2CCCCC2C(C)N)C1. The summed E-state index contributed by atoms with van der Waals surface area (Å²) in [6.07, 6.45) is 6.91. The predicted octanol–water partition coefficient (Wildman–Crippen LogP) is 2.62. The zero-order valence-corrected chi connectivity index (χ0v) is 11.2. The van der Waals surface area contributed by atoms with E-state index < -0.39 is 0 Å². The average molecular weight is 224 g/mol. The summed E-state index contributed by atoms with van der Waals surface area (Å²) in [5.41, 5.74) is 6.13. The van der Waals surface area contributed by atoms with Crippen molar-refractivity contribution in [2.45, 2.75) is 71.0 Å². The van der Waals surface area contributed by atoms with Gasteiger partial charge in [-0.1, -0.05) is 20.3 Å². The van der Waals surface area contributed by atoms with Crippen molar-refractivity contribution in [1.82, 2.24) is 4.90 Å². The van der Waals surface area contributed by atoms with Crippen LogP contribution in [0, 0.1) is 11.8 Å². The first-order chi connectivity index (χ1) is 7.59. The Bertz CT molecular complexity index is 219. The molecule has 94 valence electrons. The minimum absolute atomic E-state index is 0.346. The van der Waals surface area contributed by atoms with Crippen molar-refractivity contribution in [2.75, 3.05) is 6.54 Å². The van der Waals surface area contributed by atoms with Crippen LogP contribution in [0.15, 0.2) is 0 Å². The van der Waals surface area contributed by atoms with Crippen molar-refractivity contribution in [3.05, 3.63) is 0 Å². The molecule has 2 aliphatic rings. The maximum Gasteiger partial charge on any atom is 0.0247 e. The fraction of sp³-hybridized carbons (Fsp3) is 1.00. The zero-order valence-electron chi connectivity index (χ0n) is 11.2. The van der Waals surface area contributed by atoms with Crippen LogP contribution in [-0.2, 0) is 0 Å². The molecule has 0 amide bonds. The first kappa shape index (κ1) is 12.4. The van der Waals surface area contributed by atoms with Crippen LogP contribution in [0.4, 0.5) is 0 Å². The Morgan fingerprint density at radius 3 is 2.38 bits per heavy atom. The van der Waals surface area contributed by atoms with Gasteiger partial charge in [-0.05, 0) is 51.0 Å². The van der Waals surface area contributed by atoms with Crippen molar-refractivity contribution in [1.29, 1.82) is 0 Å². The monoisotopic (exact) mass is 224 g/mol. The second-order valence-electron chi connectivity index (χ2n) is 6.29. The summed E-state index contributed by atoms with van der Waals surface area (Å²) in [6.45, 7) is 8.20. The van der Waals surface area contributed by atoms with Gasteiger partial charge < -0.3 is 5.73 Å². The Balaban J connectivity index is 1.88. The highest BCUT2D eigenvalue weighted by Gasteiger charge is 2.39. The summed E-state index contributed by atoms with van der Waals surface area (Å²) in [5, 5.41) is 0. The molecule has 0 aromatic rings. The van der Waals surface area contributed by atoms with Crippen LogP contribution >= 0.6 is 0 Å². The van der Waals surface area contributed by atoms with Crippen LogP contribution in [-0.4, -0.2) is 29.6 Å². The van der Waals surface area contributed by atoms with Gasteiger partial charge in [0.2, 0.25) is 0 Å². The molecule has 0 spiro atoms. The molecule has 2 unspecified atom stereocenters. The average Bonchev–Trinajstić information content (AvgIpc) is 2.15. The summed E-state index contributed by atoms with van der Waals surface area (Å²) in [7, 11) is 0. The van der Waals surface area contributed by atoms with Gasteiger partial charge in [0.15, 0.2) is 0 Å². The molecule has 0 radical (unpaired) electrons. The highest BCUT2D eigenvalue weighted by Crippen LogP contribution is 2.39. The number of rotatable bonds is 3. The fourth-order valence-electron chi connectivity index (χ4n) is 3.44. The van der Waals surface area contributed by atoms with Crippen LogP contribution in [0.2, 0.25) is 0 Å². The smallest absolute Gasteiger partial charge is 0.0247 e. The van der Waals surface area contributed by atoms with Crippen LogP contribution < -0.4 is 5.73 Å². The molecule has 2 N–H and O–H groups in total. The van der Waals surface area contributed by atoms with Gasteiger partial charge in [-0.2, -0.15) is 0 Å². The van der Waals surface area contributed by atoms with Gasteiger partial charge in [-0.15, -0.1) is 0 Å². The summed E-state index contributed by atoms with van der Waals surface area (Å²) < 4.78 is 0. The van der Waals surface area contributed by atoms with Gasteiger partial charge in [0.25, 0.3) is 0 Å². The maximum atomic E-state index is 6.13. The lowest BCUT2D eigenvalue weighted by atomic mass is 9.72. The van der Waals surface area contributed by atoms with E-state index in [0.717, 1.165) is 17.9 Å². The molecule has 2 nitrogen and oxygen atoms in total. The second kappa shape index (κ2) is 5.05. The van der Waals surface area contributed by atoms with Gasteiger partial charge in [0.1, 0.15) is 0 Å². The summed E-state index contributed by atoms with van der Waals surface area (Å²) in [6, 6.07) is 1.86. The van der Waals surface area contributed by atoms with Crippen molar-refractivity contribution in [3.8, 4) is 0 Å². The highest BCUT2D eigenvalue weighted by atomic mass is 15.2.